The average molecular weight is 329 g/mol. The third-order valence-corrected chi connectivity index (χ3v) is 4.08. The van der Waals surface area contributed by atoms with E-state index in [-0.39, 0.29) is 11.8 Å². The number of hydrogen-bond donors (Lipinski definition) is 1. The summed E-state index contributed by atoms with van der Waals surface area (Å²) in [6, 6.07) is 13.8. The molecule has 1 aliphatic heterocycles. The molecule has 1 saturated heterocycles. The molecule has 2 aromatic rings. The second kappa shape index (κ2) is 6.84. The number of nitrogens with one attached hydrogen (secondary N) is 1. The first-order chi connectivity index (χ1) is 11.1. The van der Waals surface area contributed by atoms with Crippen molar-refractivity contribution in [2.75, 3.05) is 18.4 Å². The van der Waals surface area contributed by atoms with Gasteiger partial charge in [-0.05, 0) is 49.2 Å². The lowest BCUT2D eigenvalue weighted by Gasteiger charge is -2.15. The molecule has 118 valence electrons. The van der Waals surface area contributed by atoms with E-state index in [1.165, 1.54) is 0 Å². The van der Waals surface area contributed by atoms with Crippen molar-refractivity contribution in [2.24, 2.45) is 0 Å². The number of hydrogen-bond acceptors (Lipinski definition) is 2. The van der Waals surface area contributed by atoms with Gasteiger partial charge in [0.25, 0.3) is 11.8 Å². The van der Waals surface area contributed by atoms with Gasteiger partial charge in [-0.15, -0.1) is 0 Å². The lowest BCUT2D eigenvalue weighted by Crippen LogP contribution is -2.27. The molecule has 2 aromatic carbocycles. The third kappa shape index (κ3) is 3.71. The van der Waals surface area contributed by atoms with Gasteiger partial charge in [-0.2, -0.15) is 0 Å². The van der Waals surface area contributed by atoms with Gasteiger partial charge in [0.2, 0.25) is 0 Å². The predicted molar refractivity (Wildman–Crippen MR) is 91.0 cm³/mol. The fourth-order valence-electron chi connectivity index (χ4n) is 2.67. The minimum absolute atomic E-state index is 0.0151. The summed E-state index contributed by atoms with van der Waals surface area (Å²) in [5.41, 5.74) is 1.67. The maximum atomic E-state index is 12.4. The first-order valence-electron chi connectivity index (χ1n) is 7.60. The van der Waals surface area contributed by atoms with E-state index in [2.05, 4.69) is 5.32 Å². The Kier molecular flexibility index (Phi) is 4.63. The van der Waals surface area contributed by atoms with Crippen LogP contribution in [0.5, 0.6) is 0 Å². The maximum absolute atomic E-state index is 12.4. The molecule has 1 N–H and O–H groups in total. The summed E-state index contributed by atoms with van der Waals surface area (Å²) in [5.74, 6) is -0.236. The number of carbonyl (C=O) groups is 2. The van der Waals surface area contributed by atoms with Gasteiger partial charge < -0.3 is 10.2 Å². The number of amides is 2. The van der Waals surface area contributed by atoms with E-state index in [1.807, 2.05) is 4.90 Å². The number of nitrogens with zero attached hydrogens (tertiary/aromatic N) is 1. The smallest absolute Gasteiger partial charge is 0.255 e. The molecule has 23 heavy (non-hydrogen) atoms. The number of likely N-dealkylation sites (tertiary alicyclic amines) is 1. The monoisotopic (exact) mass is 328 g/mol. The fraction of sp³-hybridized carbons (Fsp3) is 0.222. The van der Waals surface area contributed by atoms with E-state index < -0.39 is 0 Å². The van der Waals surface area contributed by atoms with Gasteiger partial charge in [-0.1, -0.05) is 23.7 Å². The Morgan fingerprint density at radius 2 is 1.65 bits per heavy atom. The first-order valence-corrected chi connectivity index (χ1v) is 7.97. The third-order valence-electron chi connectivity index (χ3n) is 3.85. The van der Waals surface area contributed by atoms with Crippen molar-refractivity contribution in [2.45, 2.75) is 12.8 Å². The highest BCUT2D eigenvalue weighted by molar-refractivity contribution is 6.31. The molecule has 0 radical (unpaired) electrons. The molecule has 0 unspecified atom stereocenters. The van der Waals surface area contributed by atoms with Crippen LogP contribution in [0.15, 0.2) is 48.5 Å². The maximum Gasteiger partial charge on any atom is 0.255 e. The predicted octanol–water partition coefficient (Wildman–Crippen LogP) is 3.83. The van der Waals surface area contributed by atoms with Crippen LogP contribution >= 0.6 is 11.6 Å². The molecule has 0 aliphatic carbocycles. The molecular formula is C18H17ClN2O2. The normalized spacial score (nSPS) is 13.9. The van der Waals surface area contributed by atoms with Crippen LogP contribution < -0.4 is 5.32 Å². The fourth-order valence-corrected chi connectivity index (χ4v) is 2.86. The van der Waals surface area contributed by atoms with Crippen LogP contribution in [0, 0.1) is 0 Å². The molecular weight excluding hydrogens is 312 g/mol. The zero-order valence-corrected chi connectivity index (χ0v) is 13.3. The Hall–Kier alpha value is -2.33. The highest BCUT2D eigenvalue weighted by Crippen LogP contribution is 2.18. The number of rotatable bonds is 3. The highest BCUT2D eigenvalue weighted by Gasteiger charge is 2.19. The molecule has 3 rings (SSSR count). The van der Waals surface area contributed by atoms with Crippen LogP contribution in [0.2, 0.25) is 5.02 Å². The topological polar surface area (TPSA) is 49.4 Å². The minimum Gasteiger partial charge on any atom is -0.339 e. The molecule has 2 amide bonds. The van der Waals surface area contributed by atoms with Gasteiger partial charge in [0.15, 0.2) is 0 Å². The summed E-state index contributed by atoms with van der Waals surface area (Å²) < 4.78 is 0. The molecule has 0 saturated carbocycles. The molecule has 0 aromatic heterocycles. The van der Waals surface area contributed by atoms with Crippen LogP contribution in [-0.4, -0.2) is 29.8 Å². The zero-order valence-electron chi connectivity index (χ0n) is 12.6. The summed E-state index contributed by atoms with van der Waals surface area (Å²) in [6.45, 7) is 1.61. The number of carbonyl (C=O) groups excluding carboxylic acids is 2. The molecule has 0 spiro atoms. The molecule has 0 bridgehead atoms. The first kappa shape index (κ1) is 15.6. The van der Waals surface area contributed by atoms with Crippen molar-refractivity contribution in [1.82, 2.24) is 4.90 Å². The zero-order chi connectivity index (χ0) is 16.2. The number of anilines is 1. The molecule has 1 aliphatic rings. The van der Waals surface area contributed by atoms with Gasteiger partial charge >= 0.3 is 0 Å². The van der Waals surface area contributed by atoms with Gasteiger partial charge in [-0.25, -0.2) is 0 Å². The second-order valence-electron chi connectivity index (χ2n) is 5.54. The lowest BCUT2D eigenvalue weighted by molar-refractivity contribution is 0.0792. The van der Waals surface area contributed by atoms with Crippen molar-refractivity contribution in [3.63, 3.8) is 0 Å². The largest absolute Gasteiger partial charge is 0.339 e. The molecule has 5 heteroatoms. The van der Waals surface area contributed by atoms with Crippen molar-refractivity contribution in [1.29, 1.82) is 0 Å². The minimum atomic E-state index is -0.252. The average Bonchev–Trinajstić information content (AvgIpc) is 3.09. The Labute approximate surface area is 140 Å². The van der Waals surface area contributed by atoms with Crippen molar-refractivity contribution < 1.29 is 9.59 Å². The van der Waals surface area contributed by atoms with Crippen LogP contribution in [0.25, 0.3) is 0 Å². The summed E-state index contributed by atoms with van der Waals surface area (Å²) >= 11 is 5.90. The molecule has 1 fully saturated rings. The summed E-state index contributed by atoms with van der Waals surface area (Å²) in [7, 11) is 0. The second-order valence-corrected chi connectivity index (χ2v) is 5.98. The molecule has 1 heterocycles. The van der Waals surface area contributed by atoms with Crippen LogP contribution in [0.1, 0.15) is 33.6 Å². The summed E-state index contributed by atoms with van der Waals surface area (Å²) in [5, 5.41) is 3.31. The van der Waals surface area contributed by atoms with E-state index in [0.29, 0.717) is 21.8 Å². The van der Waals surface area contributed by atoms with Gasteiger partial charge in [-0.3, -0.25) is 9.59 Å². The lowest BCUT2D eigenvalue weighted by atomic mass is 10.1. The Morgan fingerprint density at radius 3 is 2.39 bits per heavy atom. The number of halogens is 1. The Morgan fingerprint density at radius 1 is 0.957 bits per heavy atom. The van der Waals surface area contributed by atoms with E-state index in [0.717, 1.165) is 25.9 Å². The SMILES string of the molecule is O=C(Nc1cccc(C(=O)N2CCCC2)c1)c1cccc(Cl)c1. The van der Waals surface area contributed by atoms with Crippen molar-refractivity contribution in [3.05, 3.63) is 64.7 Å². The van der Waals surface area contributed by atoms with Crippen LogP contribution in [-0.2, 0) is 0 Å². The Balaban J connectivity index is 1.74. The van der Waals surface area contributed by atoms with Gasteiger partial charge in [0, 0.05) is 34.9 Å². The highest BCUT2D eigenvalue weighted by atomic mass is 35.5. The quantitative estimate of drug-likeness (QED) is 0.931. The van der Waals surface area contributed by atoms with E-state index in [4.69, 9.17) is 11.6 Å². The van der Waals surface area contributed by atoms with E-state index in [9.17, 15) is 9.59 Å². The standard InChI is InChI=1S/C18H17ClN2O2/c19-15-7-3-5-13(11-15)17(22)20-16-8-4-6-14(12-16)18(23)21-9-1-2-10-21/h3-8,11-12H,1-2,9-10H2,(H,20,22). The van der Waals surface area contributed by atoms with Crippen LogP contribution in [0.4, 0.5) is 5.69 Å². The molecule has 0 atom stereocenters. The van der Waals surface area contributed by atoms with Gasteiger partial charge in [0.05, 0.1) is 0 Å². The van der Waals surface area contributed by atoms with E-state index >= 15 is 0 Å². The number of benzene rings is 2. The summed E-state index contributed by atoms with van der Waals surface area (Å²) in [6.07, 6.45) is 2.11. The van der Waals surface area contributed by atoms with Crippen molar-refractivity contribution in [3.8, 4) is 0 Å². The van der Waals surface area contributed by atoms with Gasteiger partial charge in [0.1, 0.15) is 0 Å². The summed E-state index contributed by atoms with van der Waals surface area (Å²) in [4.78, 5) is 26.5. The van der Waals surface area contributed by atoms with E-state index in [1.54, 1.807) is 48.5 Å². The Bertz CT molecular complexity index is 739. The van der Waals surface area contributed by atoms with Crippen molar-refractivity contribution >= 4 is 29.1 Å². The molecule has 4 nitrogen and oxygen atoms in total. The van der Waals surface area contributed by atoms with Crippen LogP contribution in [0.3, 0.4) is 0 Å².